The van der Waals surface area contributed by atoms with Crippen LogP contribution in [0.2, 0.25) is 0 Å². The van der Waals surface area contributed by atoms with E-state index >= 15 is 0 Å². The number of hydrogen-bond acceptors (Lipinski definition) is 4. The van der Waals surface area contributed by atoms with E-state index in [-0.39, 0.29) is 11.3 Å². The third kappa shape index (κ3) is 5.49. The molecule has 2 aromatic carbocycles. The number of carboxylic acid groups (broad SMARTS) is 2. The number of ether oxygens (including phenoxy) is 1. The van der Waals surface area contributed by atoms with Crippen LogP contribution in [0.5, 0.6) is 5.75 Å². The number of halogens is 1. The number of alkyl halides is 1. The molecule has 1 unspecified atom stereocenters. The molecule has 2 aromatic rings. The largest absolute Gasteiger partial charge is 0.478 e. The lowest BCUT2D eigenvalue weighted by atomic mass is 10.2. The van der Waals surface area contributed by atoms with Crippen LogP contribution in [-0.2, 0) is 4.79 Å². The Morgan fingerprint density at radius 3 is 2.00 bits per heavy atom. The van der Waals surface area contributed by atoms with Crippen molar-refractivity contribution in [3.05, 3.63) is 60.2 Å². The molecule has 0 radical (unpaired) electrons. The quantitative estimate of drug-likeness (QED) is 0.748. The van der Waals surface area contributed by atoms with Crippen molar-refractivity contribution in [3.63, 3.8) is 0 Å². The molecule has 0 heterocycles. The summed E-state index contributed by atoms with van der Waals surface area (Å²) in [6, 6.07) is 14.3. The molecule has 0 aliphatic carbocycles. The van der Waals surface area contributed by atoms with Gasteiger partial charge in [0, 0.05) is 5.69 Å². The third-order valence-electron chi connectivity index (χ3n) is 2.37. The van der Waals surface area contributed by atoms with Crippen molar-refractivity contribution in [3.8, 4) is 5.75 Å². The molecule has 1 atom stereocenters. The first-order chi connectivity index (χ1) is 10.4. The first kappa shape index (κ1) is 17.0. The number of aromatic carboxylic acids is 1. The minimum Gasteiger partial charge on any atom is -0.478 e. The number of nitrogen functional groups attached to an aromatic ring is 1. The zero-order valence-electron chi connectivity index (χ0n) is 11.3. The summed E-state index contributed by atoms with van der Waals surface area (Å²) in [5.41, 5.74) is 5.80. The van der Waals surface area contributed by atoms with Gasteiger partial charge in [-0.05, 0) is 24.3 Å². The normalized spacial score (nSPS) is 10.8. The summed E-state index contributed by atoms with van der Waals surface area (Å²) in [5.74, 6) is -2.41. The molecule has 4 N–H and O–H groups in total. The molecule has 0 aromatic heterocycles. The van der Waals surface area contributed by atoms with Crippen LogP contribution >= 0.6 is 0 Å². The molecular weight excluding hydrogens is 293 g/mol. The third-order valence-corrected chi connectivity index (χ3v) is 2.37. The van der Waals surface area contributed by atoms with Gasteiger partial charge < -0.3 is 20.7 Å². The maximum Gasteiger partial charge on any atom is 0.378 e. The number of hydrogen-bond donors (Lipinski definition) is 3. The van der Waals surface area contributed by atoms with Gasteiger partial charge in [0.2, 0.25) is 0 Å². The van der Waals surface area contributed by atoms with Crippen molar-refractivity contribution in [2.24, 2.45) is 0 Å². The lowest BCUT2D eigenvalue weighted by Gasteiger charge is -2.05. The van der Waals surface area contributed by atoms with Crippen molar-refractivity contribution in [2.45, 2.75) is 6.36 Å². The number of nitrogens with two attached hydrogens (primary N) is 1. The lowest BCUT2D eigenvalue weighted by Crippen LogP contribution is -2.21. The highest BCUT2D eigenvalue weighted by molar-refractivity contribution is 5.93. The number of aliphatic carboxylic acids is 1. The Morgan fingerprint density at radius 2 is 1.55 bits per heavy atom. The monoisotopic (exact) mass is 307 g/mol. The minimum atomic E-state index is -2.30. The van der Waals surface area contributed by atoms with Gasteiger partial charge in [-0.15, -0.1) is 0 Å². The second-order valence-electron chi connectivity index (χ2n) is 3.98. The van der Waals surface area contributed by atoms with E-state index in [1.807, 2.05) is 0 Å². The van der Waals surface area contributed by atoms with Gasteiger partial charge in [-0.3, -0.25) is 0 Å². The summed E-state index contributed by atoms with van der Waals surface area (Å²) >= 11 is 0. The Morgan fingerprint density at radius 1 is 1.00 bits per heavy atom. The number of anilines is 1. The van der Waals surface area contributed by atoms with Crippen LogP contribution in [0, 0.1) is 0 Å². The van der Waals surface area contributed by atoms with Crippen molar-refractivity contribution in [2.75, 3.05) is 5.73 Å². The molecule has 0 bridgehead atoms. The van der Waals surface area contributed by atoms with Gasteiger partial charge in [0.1, 0.15) is 5.75 Å². The molecule has 0 aliphatic rings. The van der Waals surface area contributed by atoms with Gasteiger partial charge in [0.25, 0.3) is 0 Å². The molecule has 22 heavy (non-hydrogen) atoms. The SMILES string of the molecule is Nc1ccccc1C(=O)O.O=C(O)C(F)Oc1ccccc1. The van der Waals surface area contributed by atoms with E-state index in [4.69, 9.17) is 15.9 Å². The fourth-order valence-electron chi connectivity index (χ4n) is 1.36. The maximum atomic E-state index is 12.4. The first-order valence-electron chi connectivity index (χ1n) is 6.08. The van der Waals surface area contributed by atoms with E-state index in [1.54, 1.807) is 36.4 Å². The van der Waals surface area contributed by atoms with Crippen molar-refractivity contribution in [1.29, 1.82) is 0 Å². The topological polar surface area (TPSA) is 110 Å². The molecule has 0 spiro atoms. The van der Waals surface area contributed by atoms with Crippen LogP contribution < -0.4 is 10.5 Å². The minimum absolute atomic E-state index is 0.155. The average Bonchev–Trinajstić information content (AvgIpc) is 2.49. The first-order valence-corrected chi connectivity index (χ1v) is 6.08. The smallest absolute Gasteiger partial charge is 0.378 e. The molecule has 2 rings (SSSR count). The standard InChI is InChI=1S/C8H7FO3.C7H7NO2/c9-7(8(10)11)12-6-4-2-1-3-5-6;8-6-4-2-1-3-5(6)7(9)10/h1-5,7H,(H,10,11);1-4H,8H2,(H,9,10). The fourth-order valence-corrected chi connectivity index (χ4v) is 1.36. The van der Waals surface area contributed by atoms with Crippen LogP contribution in [0.25, 0.3) is 0 Å². The molecular formula is C15H14FNO5. The van der Waals surface area contributed by atoms with Crippen LogP contribution in [0.1, 0.15) is 10.4 Å². The number of carbonyl (C=O) groups is 2. The highest BCUT2D eigenvalue weighted by Gasteiger charge is 2.16. The highest BCUT2D eigenvalue weighted by atomic mass is 19.1. The Kier molecular flexibility index (Phi) is 6.36. The number of para-hydroxylation sites is 2. The molecule has 0 aliphatic heterocycles. The van der Waals surface area contributed by atoms with Crippen LogP contribution in [0.3, 0.4) is 0 Å². The summed E-state index contributed by atoms with van der Waals surface area (Å²) in [6.45, 7) is 0. The fraction of sp³-hybridized carbons (Fsp3) is 0.0667. The molecule has 0 amide bonds. The van der Waals surface area contributed by atoms with E-state index < -0.39 is 18.3 Å². The van der Waals surface area contributed by atoms with Crippen molar-refractivity contribution >= 4 is 17.6 Å². The van der Waals surface area contributed by atoms with Crippen molar-refractivity contribution in [1.82, 2.24) is 0 Å². The molecule has 7 heteroatoms. The average molecular weight is 307 g/mol. The molecule has 0 saturated heterocycles. The van der Waals surface area contributed by atoms with Gasteiger partial charge in [-0.25, -0.2) is 9.59 Å². The van der Waals surface area contributed by atoms with E-state index in [1.165, 1.54) is 18.2 Å². The molecule has 116 valence electrons. The molecule has 0 saturated carbocycles. The Hall–Kier alpha value is -3.09. The zero-order chi connectivity index (χ0) is 16.5. The Bertz CT molecular complexity index is 633. The predicted molar refractivity (Wildman–Crippen MR) is 77.4 cm³/mol. The summed E-state index contributed by atoms with van der Waals surface area (Å²) < 4.78 is 16.8. The van der Waals surface area contributed by atoms with E-state index in [0.29, 0.717) is 5.69 Å². The summed E-state index contributed by atoms with van der Waals surface area (Å²) in [7, 11) is 0. The highest BCUT2D eigenvalue weighted by Crippen LogP contribution is 2.11. The second-order valence-corrected chi connectivity index (χ2v) is 3.98. The number of benzene rings is 2. The van der Waals surface area contributed by atoms with Crippen molar-refractivity contribution < 1.29 is 28.9 Å². The Labute approximate surface area is 125 Å². The van der Waals surface area contributed by atoms with Crippen LogP contribution in [0.4, 0.5) is 10.1 Å². The molecule has 0 fully saturated rings. The van der Waals surface area contributed by atoms with Crippen LogP contribution in [0.15, 0.2) is 54.6 Å². The summed E-state index contributed by atoms with van der Waals surface area (Å²) in [4.78, 5) is 20.3. The molecule has 6 nitrogen and oxygen atoms in total. The summed E-state index contributed by atoms with van der Waals surface area (Å²) in [5, 5.41) is 16.6. The van der Waals surface area contributed by atoms with E-state index in [9.17, 15) is 14.0 Å². The van der Waals surface area contributed by atoms with Crippen LogP contribution in [-0.4, -0.2) is 28.5 Å². The number of carboxylic acids is 2. The van der Waals surface area contributed by atoms with E-state index in [0.717, 1.165) is 0 Å². The van der Waals surface area contributed by atoms with Gasteiger partial charge in [-0.1, -0.05) is 30.3 Å². The number of rotatable bonds is 4. The summed E-state index contributed by atoms with van der Waals surface area (Å²) in [6.07, 6.45) is -2.30. The zero-order valence-corrected chi connectivity index (χ0v) is 11.3. The van der Waals surface area contributed by atoms with Gasteiger partial charge >= 0.3 is 18.3 Å². The van der Waals surface area contributed by atoms with E-state index in [2.05, 4.69) is 4.74 Å². The second kappa shape index (κ2) is 8.25. The Balaban J connectivity index is 0.000000224. The maximum absolute atomic E-state index is 12.4. The lowest BCUT2D eigenvalue weighted by molar-refractivity contribution is -0.153. The van der Waals surface area contributed by atoms with Gasteiger partial charge in [0.05, 0.1) is 5.56 Å². The predicted octanol–water partition coefficient (Wildman–Crippen LogP) is 2.41. The van der Waals surface area contributed by atoms with Gasteiger partial charge in [-0.2, -0.15) is 4.39 Å². The van der Waals surface area contributed by atoms with Gasteiger partial charge in [0.15, 0.2) is 0 Å².